The monoisotopic (exact) mass is 169 g/mol. The summed E-state index contributed by atoms with van der Waals surface area (Å²) in [5.41, 5.74) is 0. The molecule has 0 aliphatic carbocycles. The van der Waals surface area contributed by atoms with Gasteiger partial charge in [0.25, 0.3) is 0 Å². The molecule has 1 aromatic rings. The molecule has 0 bridgehead atoms. The lowest BCUT2D eigenvalue weighted by atomic mass is 10.4. The Morgan fingerprint density at radius 1 is 1.55 bits per heavy atom. The van der Waals surface area contributed by atoms with E-state index in [0.717, 1.165) is 4.88 Å². The maximum Gasteiger partial charge on any atom is 0.193 e. The normalized spacial score (nSPS) is 19.4. The lowest BCUT2D eigenvalue weighted by molar-refractivity contribution is -0.0413. The molecule has 2 rings (SSSR count). The fraction of sp³-hybridized carbons (Fsp3) is 0.500. The first-order chi connectivity index (χ1) is 5.36. The minimum absolute atomic E-state index is 0.120. The van der Waals surface area contributed by atoms with Gasteiger partial charge in [-0.15, -0.1) is 11.3 Å². The Labute approximate surface area is 69.8 Å². The van der Waals surface area contributed by atoms with Gasteiger partial charge in [0.2, 0.25) is 0 Å². The number of rotatable bonds is 1. The van der Waals surface area contributed by atoms with E-state index in [0.29, 0.717) is 13.2 Å². The highest BCUT2D eigenvalue weighted by atomic mass is 32.1. The van der Waals surface area contributed by atoms with Gasteiger partial charge in [-0.3, -0.25) is 0 Å². The molecule has 1 aliphatic heterocycles. The first kappa shape index (κ1) is 7.28. The summed E-state index contributed by atoms with van der Waals surface area (Å²) in [6, 6.07) is 5.04. The van der Waals surface area contributed by atoms with Crippen molar-refractivity contribution in [1.29, 1.82) is 0 Å². The summed E-state index contributed by atoms with van der Waals surface area (Å²) in [5, 5.41) is 0. The Hall–Kier alpha value is -0.380. The minimum Gasteiger partial charge on any atom is -0.345 e. The Balaban J connectivity index is 2.15. The van der Waals surface area contributed by atoms with Gasteiger partial charge >= 0.3 is 0 Å². The SMILES string of the molecule is Cc1[c]cc(C2OCCO2)s1. The molecule has 1 aliphatic rings. The summed E-state index contributed by atoms with van der Waals surface area (Å²) < 4.78 is 10.6. The Kier molecular flexibility index (Phi) is 1.94. The number of hydrogen-bond acceptors (Lipinski definition) is 3. The molecule has 3 heteroatoms. The van der Waals surface area contributed by atoms with Crippen molar-refractivity contribution in [1.82, 2.24) is 0 Å². The number of aryl methyl sites for hydroxylation is 1. The number of thiophene rings is 1. The van der Waals surface area contributed by atoms with Gasteiger partial charge in [-0.25, -0.2) is 0 Å². The molecule has 59 valence electrons. The van der Waals surface area contributed by atoms with Crippen molar-refractivity contribution in [3.63, 3.8) is 0 Å². The topological polar surface area (TPSA) is 18.5 Å². The predicted octanol–water partition coefficient (Wildman–Crippen LogP) is 1.90. The van der Waals surface area contributed by atoms with E-state index in [4.69, 9.17) is 9.47 Å². The third-order valence-corrected chi connectivity index (χ3v) is 2.51. The van der Waals surface area contributed by atoms with Crippen LogP contribution in [0.1, 0.15) is 16.0 Å². The molecule has 0 aromatic carbocycles. The summed E-state index contributed by atoms with van der Waals surface area (Å²) in [4.78, 5) is 2.30. The van der Waals surface area contributed by atoms with Crippen LogP contribution < -0.4 is 0 Å². The molecular weight excluding hydrogens is 160 g/mol. The van der Waals surface area contributed by atoms with Gasteiger partial charge in [-0.05, 0) is 19.1 Å². The zero-order valence-corrected chi connectivity index (χ0v) is 7.11. The Morgan fingerprint density at radius 2 is 2.27 bits per heavy atom. The molecule has 0 saturated carbocycles. The number of ether oxygens (including phenoxy) is 2. The third-order valence-electron chi connectivity index (χ3n) is 1.54. The maximum atomic E-state index is 5.32. The Bertz CT molecular complexity index is 238. The second-order valence-corrected chi connectivity index (χ2v) is 3.71. The molecule has 0 amide bonds. The second-order valence-electron chi connectivity index (χ2n) is 2.42. The van der Waals surface area contributed by atoms with Crippen LogP contribution in [-0.4, -0.2) is 13.2 Å². The van der Waals surface area contributed by atoms with Crippen LogP contribution in [0, 0.1) is 13.0 Å². The standard InChI is InChI=1S/C8H9O2S/c1-6-2-3-7(11-6)8-9-4-5-10-8/h3,8H,4-5H2,1H3. The molecule has 2 heterocycles. The van der Waals surface area contributed by atoms with Crippen LogP contribution in [0.4, 0.5) is 0 Å². The van der Waals surface area contributed by atoms with Gasteiger partial charge in [0.15, 0.2) is 6.29 Å². The summed E-state index contributed by atoms with van der Waals surface area (Å²) >= 11 is 1.68. The summed E-state index contributed by atoms with van der Waals surface area (Å²) in [7, 11) is 0. The van der Waals surface area contributed by atoms with Crippen molar-refractivity contribution in [2.75, 3.05) is 13.2 Å². The first-order valence-electron chi connectivity index (χ1n) is 3.57. The molecule has 0 spiro atoms. The van der Waals surface area contributed by atoms with Crippen LogP contribution in [-0.2, 0) is 9.47 Å². The molecule has 1 aromatic heterocycles. The van der Waals surface area contributed by atoms with E-state index >= 15 is 0 Å². The van der Waals surface area contributed by atoms with E-state index in [2.05, 4.69) is 6.07 Å². The zero-order valence-electron chi connectivity index (χ0n) is 6.29. The van der Waals surface area contributed by atoms with Gasteiger partial charge in [0, 0.05) is 4.88 Å². The van der Waals surface area contributed by atoms with Crippen LogP contribution in [0.5, 0.6) is 0 Å². The fourth-order valence-corrected chi connectivity index (χ4v) is 1.87. The lowest BCUT2D eigenvalue weighted by Gasteiger charge is -2.04. The van der Waals surface area contributed by atoms with Crippen molar-refractivity contribution >= 4 is 11.3 Å². The second kappa shape index (κ2) is 2.93. The summed E-state index contributed by atoms with van der Waals surface area (Å²) in [5.74, 6) is 0. The van der Waals surface area contributed by atoms with E-state index in [-0.39, 0.29) is 6.29 Å². The molecule has 11 heavy (non-hydrogen) atoms. The lowest BCUT2D eigenvalue weighted by Crippen LogP contribution is -1.93. The van der Waals surface area contributed by atoms with Crippen molar-refractivity contribution in [2.24, 2.45) is 0 Å². The highest BCUT2D eigenvalue weighted by Crippen LogP contribution is 2.28. The smallest absolute Gasteiger partial charge is 0.193 e. The fourth-order valence-electron chi connectivity index (χ4n) is 1.05. The van der Waals surface area contributed by atoms with Crippen molar-refractivity contribution in [3.05, 3.63) is 21.9 Å². The molecule has 2 nitrogen and oxygen atoms in total. The summed E-state index contributed by atoms with van der Waals surface area (Å²) in [6.45, 7) is 3.45. The molecular formula is C8H9O2S. The minimum atomic E-state index is -0.120. The summed E-state index contributed by atoms with van der Waals surface area (Å²) in [6.07, 6.45) is -0.120. The van der Waals surface area contributed by atoms with Gasteiger partial charge in [-0.2, -0.15) is 0 Å². The van der Waals surface area contributed by atoms with Crippen LogP contribution >= 0.6 is 11.3 Å². The molecule has 0 atom stereocenters. The maximum absolute atomic E-state index is 5.32. The largest absolute Gasteiger partial charge is 0.345 e. The van der Waals surface area contributed by atoms with E-state index in [1.807, 2.05) is 13.0 Å². The van der Waals surface area contributed by atoms with Gasteiger partial charge in [0.1, 0.15) is 0 Å². The van der Waals surface area contributed by atoms with Crippen LogP contribution in [0.15, 0.2) is 6.07 Å². The first-order valence-corrected chi connectivity index (χ1v) is 4.39. The highest BCUT2D eigenvalue weighted by Gasteiger charge is 2.19. The molecule has 1 fully saturated rings. The molecule has 0 unspecified atom stereocenters. The van der Waals surface area contributed by atoms with Crippen molar-refractivity contribution in [2.45, 2.75) is 13.2 Å². The van der Waals surface area contributed by atoms with E-state index < -0.39 is 0 Å². The highest BCUT2D eigenvalue weighted by molar-refractivity contribution is 7.11. The van der Waals surface area contributed by atoms with Crippen molar-refractivity contribution < 1.29 is 9.47 Å². The average Bonchev–Trinajstić information content (AvgIpc) is 2.55. The van der Waals surface area contributed by atoms with Crippen molar-refractivity contribution in [3.8, 4) is 0 Å². The van der Waals surface area contributed by atoms with Gasteiger partial charge < -0.3 is 9.47 Å². The average molecular weight is 169 g/mol. The van der Waals surface area contributed by atoms with E-state index in [9.17, 15) is 0 Å². The van der Waals surface area contributed by atoms with Crippen LogP contribution in [0.3, 0.4) is 0 Å². The van der Waals surface area contributed by atoms with E-state index in [1.54, 1.807) is 11.3 Å². The van der Waals surface area contributed by atoms with Gasteiger partial charge in [-0.1, -0.05) is 0 Å². The zero-order chi connectivity index (χ0) is 7.68. The Morgan fingerprint density at radius 3 is 2.82 bits per heavy atom. The number of hydrogen-bond donors (Lipinski definition) is 0. The van der Waals surface area contributed by atoms with Gasteiger partial charge in [0.05, 0.1) is 18.1 Å². The van der Waals surface area contributed by atoms with Crippen LogP contribution in [0.25, 0.3) is 0 Å². The third kappa shape index (κ3) is 1.45. The molecule has 1 saturated heterocycles. The van der Waals surface area contributed by atoms with Crippen LogP contribution in [0.2, 0.25) is 0 Å². The predicted molar refractivity (Wildman–Crippen MR) is 42.5 cm³/mol. The quantitative estimate of drug-likeness (QED) is 0.639. The molecule has 0 N–H and O–H groups in total. The van der Waals surface area contributed by atoms with E-state index in [1.165, 1.54) is 4.88 Å². The molecule has 1 radical (unpaired) electrons.